The average Bonchev–Trinajstić information content (AvgIpc) is 3.27. The minimum Gasteiger partial charge on any atom is -0.493 e. The topological polar surface area (TPSA) is 139 Å². The van der Waals surface area contributed by atoms with Crippen molar-refractivity contribution < 1.29 is 28.3 Å². The molecule has 0 aliphatic heterocycles. The van der Waals surface area contributed by atoms with Gasteiger partial charge in [-0.3, -0.25) is 14.9 Å². The van der Waals surface area contributed by atoms with E-state index in [0.29, 0.717) is 22.8 Å². The van der Waals surface area contributed by atoms with Gasteiger partial charge in [-0.25, -0.2) is 0 Å². The number of aromatic nitrogens is 2. The van der Waals surface area contributed by atoms with Crippen LogP contribution in [0.1, 0.15) is 11.1 Å². The van der Waals surface area contributed by atoms with E-state index < -0.39 is 10.8 Å². The van der Waals surface area contributed by atoms with Gasteiger partial charge < -0.3 is 23.9 Å². The lowest BCUT2D eigenvalue weighted by Gasteiger charge is -2.12. The number of nitrogens with one attached hydrogen (secondary N) is 1. The van der Waals surface area contributed by atoms with Gasteiger partial charge in [-0.2, -0.15) is 0 Å². The van der Waals surface area contributed by atoms with Crippen LogP contribution in [-0.4, -0.2) is 48.1 Å². The molecule has 0 unspecified atom stereocenters. The molecule has 1 heterocycles. The van der Waals surface area contributed by atoms with Crippen molar-refractivity contribution in [2.75, 3.05) is 32.4 Å². The Kier molecular flexibility index (Phi) is 7.38. The molecule has 1 amide bonds. The highest BCUT2D eigenvalue weighted by Gasteiger charge is 2.20. The molecule has 12 heteroatoms. The number of aryl methyl sites for hydroxylation is 2. The van der Waals surface area contributed by atoms with Crippen LogP contribution in [0.3, 0.4) is 0 Å². The third-order valence-corrected chi connectivity index (χ3v) is 5.55. The summed E-state index contributed by atoms with van der Waals surface area (Å²) in [4.78, 5) is 23.2. The van der Waals surface area contributed by atoms with Crippen molar-refractivity contribution in [3.63, 3.8) is 0 Å². The van der Waals surface area contributed by atoms with Crippen molar-refractivity contribution in [3.8, 4) is 28.7 Å². The Morgan fingerprint density at radius 1 is 1.06 bits per heavy atom. The van der Waals surface area contributed by atoms with Gasteiger partial charge in [0.1, 0.15) is 5.69 Å². The summed E-state index contributed by atoms with van der Waals surface area (Å²) in [5.41, 5.74) is 2.10. The SMILES string of the molecule is COc1cc(-c2nnc(SCC(=O)Nc3cc(C)c(C)cc3[N+](=O)[O-])o2)cc(OC)c1OC. The van der Waals surface area contributed by atoms with Gasteiger partial charge in [0.25, 0.3) is 10.9 Å². The molecule has 0 aliphatic rings. The van der Waals surface area contributed by atoms with E-state index in [0.717, 1.165) is 22.9 Å². The molecule has 0 spiro atoms. The Hall–Kier alpha value is -3.80. The summed E-state index contributed by atoms with van der Waals surface area (Å²) in [5.74, 6) is 0.944. The molecule has 0 aliphatic carbocycles. The fourth-order valence-electron chi connectivity index (χ4n) is 2.96. The normalized spacial score (nSPS) is 10.6. The van der Waals surface area contributed by atoms with E-state index in [4.69, 9.17) is 18.6 Å². The van der Waals surface area contributed by atoms with E-state index in [1.807, 2.05) is 6.92 Å². The van der Waals surface area contributed by atoms with Crippen LogP contribution in [0.25, 0.3) is 11.5 Å². The number of nitrogens with zero attached hydrogens (tertiary/aromatic N) is 3. The van der Waals surface area contributed by atoms with E-state index in [9.17, 15) is 14.9 Å². The average molecular weight is 474 g/mol. The molecule has 0 saturated carbocycles. The van der Waals surface area contributed by atoms with Crippen molar-refractivity contribution in [2.45, 2.75) is 19.1 Å². The maximum absolute atomic E-state index is 12.4. The molecule has 3 aromatic rings. The summed E-state index contributed by atoms with van der Waals surface area (Å²) in [6, 6.07) is 6.33. The molecular weight excluding hydrogens is 452 g/mol. The molecule has 1 N–H and O–H groups in total. The van der Waals surface area contributed by atoms with Gasteiger partial charge in [-0.1, -0.05) is 11.8 Å². The van der Waals surface area contributed by atoms with Gasteiger partial charge in [-0.15, -0.1) is 10.2 Å². The van der Waals surface area contributed by atoms with Gasteiger partial charge >= 0.3 is 0 Å². The summed E-state index contributed by atoms with van der Waals surface area (Å²) < 4.78 is 21.6. The molecule has 174 valence electrons. The minimum atomic E-state index is -0.531. The highest BCUT2D eigenvalue weighted by molar-refractivity contribution is 7.99. The lowest BCUT2D eigenvalue weighted by atomic mass is 10.1. The van der Waals surface area contributed by atoms with E-state index in [-0.39, 0.29) is 28.2 Å². The smallest absolute Gasteiger partial charge is 0.293 e. The van der Waals surface area contributed by atoms with Gasteiger partial charge in [0.15, 0.2) is 11.5 Å². The van der Waals surface area contributed by atoms with Crippen LogP contribution in [0.4, 0.5) is 11.4 Å². The zero-order valence-electron chi connectivity index (χ0n) is 18.6. The Balaban J connectivity index is 1.72. The third-order valence-electron chi connectivity index (χ3n) is 4.73. The van der Waals surface area contributed by atoms with Crippen LogP contribution in [0.15, 0.2) is 33.9 Å². The fourth-order valence-corrected chi connectivity index (χ4v) is 3.52. The van der Waals surface area contributed by atoms with Crippen molar-refractivity contribution in [1.82, 2.24) is 10.2 Å². The van der Waals surface area contributed by atoms with Crippen LogP contribution in [0.5, 0.6) is 17.2 Å². The summed E-state index contributed by atoms with van der Waals surface area (Å²) >= 11 is 1.00. The zero-order valence-corrected chi connectivity index (χ0v) is 19.4. The number of rotatable bonds is 9. The van der Waals surface area contributed by atoms with Crippen molar-refractivity contribution >= 4 is 29.0 Å². The predicted molar refractivity (Wildman–Crippen MR) is 121 cm³/mol. The number of carbonyl (C=O) groups is 1. The van der Waals surface area contributed by atoms with Crippen molar-refractivity contribution in [2.24, 2.45) is 0 Å². The lowest BCUT2D eigenvalue weighted by Crippen LogP contribution is -2.15. The summed E-state index contributed by atoms with van der Waals surface area (Å²) in [5, 5.41) is 22.0. The maximum atomic E-state index is 12.4. The summed E-state index contributed by atoms with van der Waals surface area (Å²) in [6.07, 6.45) is 0. The van der Waals surface area contributed by atoms with Crippen LogP contribution >= 0.6 is 11.8 Å². The molecule has 0 bridgehead atoms. The van der Waals surface area contributed by atoms with E-state index in [1.165, 1.54) is 27.4 Å². The predicted octanol–water partition coefficient (Wildman–Crippen LogP) is 4.02. The van der Waals surface area contributed by atoms with Crippen LogP contribution in [-0.2, 0) is 4.79 Å². The monoisotopic (exact) mass is 474 g/mol. The van der Waals surface area contributed by atoms with Crippen molar-refractivity contribution in [1.29, 1.82) is 0 Å². The number of thioether (sulfide) groups is 1. The second kappa shape index (κ2) is 10.2. The highest BCUT2D eigenvalue weighted by Crippen LogP contribution is 2.41. The number of amides is 1. The quantitative estimate of drug-likeness (QED) is 0.275. The third kappa shape index (κ3) is 5.34. The number of nitro groups is 1. The Morgan fingerprint density at radius 3 is 2.27 bits per heavy atom. The van der Waals surface area contributed by atoms with E-state index in [1.54, 1.807) is 25.1 Å². The van der Waals surface area contributed by atoms with Crippen LogP contribution < -0.4 is 19.5 Å². The van der Waals surface area contributed by atoms with E-state index >= 15 is 0 Å². The van der Waals surface area contributed by atoms with Crippen molar-refractivity contribution in [3.05, 3.63) is 45.5 Å². The van der Waals surface area contributed by atoms with E-state index in [2.05, 4.69) is 15.5 Å². The van der Waals surface area contributed by atoms with Gasteiger partial charge in [-0.05, 0) is 43.2 Å². The number of carbonyl (C=O) groups excluding carboxylic acids is 1. The zero-order chi connectivity index (χ0) is 24.1. The molecular formula is C21H22N4O7S. The number of hydrogen-bond donors (Lipinski definition) is 1. The van der Waals surface area contributed by atoms with Crippen LogP contribution in [0.2, 0.25) is 0 Å². The molecule has 3 rings (SSSR count). The first-order chi connectivity index (χ1) is 15.8. The number of benzene rings is 2. The molecule has 0 radical (unpaired) electrons. The Labute approximate surface area is 193 Å². The number of anilines is 1. The van der Waals surface area contributed by atoms with Gasteiger partial charge in [0.05, 0.1) is 32.0 Å². The second-order valence-corrected chi connectivity index (χ2v) is 7.76. The molecule has 2 aromatic carbocycles. The fraction of sp³-hybridized carbons (Fsp3) is 0.286. The standard InChI is InChI=1S/C21H22N4O7S/c1-11-6-14(15(25(27)28)7-12(11)2)22-18(26)10-33-21-24-23-20(32-21)13-8-16(29-3)19(31-5)17(9-13)30-4/h6-9H,10H2,1-5H3,(H,22,26). The van der Waals surface area contributed by atoms with Gasteiger partial charge in [0.2, 0.25) is 17.5 Å². The Morgan fingerprint density at radius 2 is 1.70 bits per heavy atom. The number of nitro benzene ring substituents is 1. The first kappa shape index (κ1) is 23.9. The molecule has 1 aromatic heterocycles. The van der Waals surface area contributed by atoms with Crippen LogP contribution in [0, 0.1) is 24.0 Å². The number of methoxy groups -OCH3 is 3. The highest BCUT2D eigenvalue weighted by atomic mass is 32.2. The summed E-state index contributed by atoms with van der Waals surface area (Å²) in [7, 11) is 4.49. The first-order valence-electron chi connectivity index (χ1n) is 9.59. The molecule has 11 nitrogen and oxygen atoms in total. The minimum absolute atomic E-state index is 0.0824. The molecule has 0 atom stereocenters. The molecule has 0 saturated heterocycles. The molecule has 33 heavy (non-hydrogen) atoms. The Bertz CT molecular complexity index is 1170. The summed E-state index contributed by atoms with van der Waals surface area (Å²) in [6.45, 7) is 3.58. The second-order valence-electron chi connectivity index (χ2n) is 6.83. The molecule has 0 fully saturated rings. The maximum Gasteiger partial charge on any atom is 0.293 e. The lowest BCUT2D eigenvalue weighted by molar-refractivity contribution is -0.384. The number of ether oxygens (including phenoxy) is 3. The largest absolute Gasteiger partial charge is 0.493 e. The number of hydrogen-bond acceptors (Lipinski definition) is 10. The first-order valence-corrected chi connectivity index (χ1v) is 10.6. The van der Waals surface area contributed by atoms with Gasteiger partial charge in [0, 0.05) is 11.6 Å².